The fourth-order valence-electron chi connectivity index (χ4n) is 3.82. The van der Waals surface area contributed by atoms with E-state index in [1.807, 2.05) is 12.1 Å². The predicted octanol–water partition coefficient (Wildman–Crippen LogP) is 6.55. The number of benzene rings is 2. The molecule has 1 unspecified atom stereocenters. The summed E-state index contributed by atoms with van der Waals surface area (Å²) in [4.78, 5) is 6.13. The average Bonchev–Trinajstić information content (AvgIpc) is 3.59. The summed E-state index contributed by atoms with van der Waals surface area (Å²) in [5.74, 6) is 1.44. The summed E-state index contributed by atoms with van der Waals surface area (Å²) < 4.78 is 11.0. The lowest BCUT2D eigenvalue weighted by atomic mass is 10.0. The van der Waals surface area contributed by atoms with Gasteiger partial charge in [0.1, 0.15) is 0 Å². The highest BCUT2D eigenvalue weighted by atomic mass is 32.1. The van der Waals surface area contributed by atoms with Gasteiger partial charge in [-0.3, -0.25) is 0 Å². The first-order chi connectivity index (χ1) is 15.7. The van der Waals surface area contributed by atoms with Crippen molar-refractivity contribution in [3.63, 3.8) is 0 Å². The van der Waals surface area contributed by atoms with Gasteiger partial charge in [-0.1, -0.05) is 42.0 Å². The van der Waals surface area contributed by atoms with Crippen LogP contribution in [-0.2, 0) is 0 Å². The number of anilines is 1. The van der Waals surface area contributed by atoms with Gasteiger partial charge in [0.15, 0.2) is 11.5 Å². The maximum Gasteiger partial charge on any atom is 0.207 e. The summed E-state index contributed by atoms with van der Waals surface area (Å²) >= 11 is 3.33. The Bertz CT molecular complexity index is 1250. The number of thiophene rings is 1. The van der Waals surface area contributed by atoms with Crippen LogP contribution in [-0.4, -0.2) is 24.9 Å². The quantitative estimate of drug-likeness (QED) is 0.326. The first-order valence-corrected chi connectivity index (χ1v) is 12.1. The lowest BCUT2D eigenvalue weighted by Gasteiger charge is -2.22. The van der Waals surface area contributed by atoms with E-state index in [9.17, 15) is 0 Å². The molecule has 1 aliphatic heterocycles. The van der Waals surface area contributed by atoms with Gasteiger partial charge in [0.05, 0.1) is 36.5 Å². The molecule has 0 bridgehead atoms. The van der Waals surface area contributed by atoms with E-state index in [-0.39, 0.29) is 6.04 Å². The van der Waals surface area contributed by atoms with E-state index in [1.165, 1.54) is 10.4 Å². The Kier molecular flexibility index (Phi) is 5.68. The van der Waals surface area contributed by atoms with Gasteiger partial charge in [0.25, 0.3) is 0 Å². The van der Waals surface area contributed by atoms with Crippen molar-refractivity contribution in [1.29, 1.82) is 0 Å². The molecular weight excluding hydrogens is 438 g/mol. The van der Waals surface area contributed by atoms with Gasteiger partial charge in [-0.05, 0) is 36.1 Å². The molecule has 3 heterocycles. The molecule has 0 N–H and O–H groups in total. The fourth-order valence-corrected chi connectivity index (χ4v) is 5.38. The van der Waals surface area contributed by atoms with Crippen LogP contribution in [0.15, 0.2) is 70.5 Å². The topological polar surface area (TPSA) is 47.0 Å². The van der Waals surface area contributed by atoms with Crippen LogP contribution in [0.5, 0.6) is 11.5 Å². The van der Waals surface area contributed by atoms with Crippen molar-refractivity contribution in [3.8, 4) is 22.8 Å². The Balaban J connectivity index is 1.53. The Morgan fingerprint density at radius 2 is 1.78 bits per heavy atom. The first-order valence-electron chi connectivity index (χ1n) is 10.3. The highest BCUT2D eigenvalue weighted by Gasteiger charge is 2.32. The molecule has 1 aliphatic rings. The Morgan fingerprint density at radius 3 is 2.50 bits per heavy atom. The van der Waals surface area contributed by atoms with Gasteiger partial charge in [-0.2, -0.15) is 5.10 Å². The maximum absolute atomic E-state index is 5.56. The molecule has 162 valence electrons. The largest absolute Gasteiger partial charge is 0.493 e. The number of aryl methyl sites for hydroxylation is 1. The SMILES string of the molecule is COc1ccc(C2CC(c3cccs3)=NN2c2nc(-c3ccc(C)cc3)cs2)cc1OC. The highest BCUT2D eigenvalue weighted by molar-refractivity contribution is 7.14. The van der Waals surface area contributed by atoms with Crippen LogP contribution < -0.4 is 14.5 Å². The molecule has 0 radical (unpaired) electrons. The molecule has 0 fully saturated rings. The van der Waals surface area contributed by atoms with Crippen LogP contribution in [0.4, 0.5) is 5.13 Å². The van der Waals surface area contributed by atoms with Crippen LogP contribution in [0.25, 0.3) is 11.3 Å². The summed E-state index contributed by atoms with van der Waals surface area (Å²) in [5, 5.41) is 12.1. The van der Waals surface area contributed by atoms with Crippen molar-refractivity contribution < 1.29 is 9.47 Å². The van der Waals surface area contributed by atoms with E-state index in [2.05, 4.69) is 65.2 Å². The lowest BCUT2D eigenvalue weighted by Crippen LogP contribution is -2.18. The minimum absolute atomic E-state index is 0.0314. The summed E-state index contributed by atoms with van der Waals surface area (Å²) in [7, 11) is 3.32. The molecular formula is C25H23N3O2S2. The third-order valence-electron chi connectivity index (χ3n) is 5.54. The molecule has 2 aromatic heterocycles. The molecule has 0 saturated heterocycles. The van der Waals surface area contributed by atoms with Gasteiger partial charge >= 0.3 is 0 Å². The smallest absolute Gasteiger partial charge is 0.207 e. The maximum atomic E-state index is 5.56. The number of nitrogens with zero attached hydrogens (tertiary/aromatic N) is 3. The fraction of sp³-hybridized carbons (Fsp3) is 0.200. The van der Waals surface area contributed by atoms with E-state index in [1.54, 1.807) is 36.9 Å². The third kappa shape index (κ3) is 3.89. The van der Waals surface area contributed by atoms with Crippen molar-refractivity contribution in [2.24, 2.45) is 5.10 Å². The molecule has 5 nitrogen and oxygen atoms in total. The third-order valence-corrected chi connectivity index (χ3v) is 7.29. The van der Waals surface area contributed by atoms with Gasteiger partial charge in [-0.15, -0.1) is 22.7 Å². The van der Waals surface area contributed by atoms with Crippen molar-refractivity contribution >= 4 is 33.5 Å². The van der Waals surface area contributed by atoms with Crippen LogP contribution >= 0.6 is 22.7 Å². The second-order valence-electron chi connectivity index (χ2n) is 7.58. The van der Waals surface area contributed by atoms with Crippen LogP contribution in [0, 0.1) is 6.92 Å². The van der Waals surface area contributed by atoms with Crippen molar-refractivity contribution in [2.75, 3.05) is 19.2 Å². The number of aromatic nitrogens is 1. The normalized spacial score (nSPS) is 15.7. The second kappa shape index (κ2) is 8.76. The van der Waals surface area contributed by atoms with Gasteiger partial charge in [-0.25, -0.2) is 9.99 Å². The van der Waals surface area contributed by atoms with E-state index in [4.69, 9.17) is 19.6 Å². The van der Waals surface area contributed by atoms with Gasteiger partial charge in [0.2, 0.25) is 5.13 Å². The molecule has 7 heteroatoms. The first kappa shape index (κ1) is 20.7. The van der Waals surface area contributed by atoms with Crippen LogP contribution in [0.1, 0.15) is 28.5 Å². The minimum Gasteiger partial charge on any atom is -0.493 e. The molecule has 32 heavy (non-hydrogen) atoms. The highest BCUT2D eigenvalue weighted by Crippen LogP contribution is 2.42. The predicted molar refractivity (Wildman–Crippen MR) is 133 cm³/mol. The average molecular weight is 462 g/mol. The van der Waals surface area contributed by atoms with E-state index < -0.39 is 0 Å². The summed E-state index contributed by atoms with van der Waals surface area (Å²) in [6.07, 6.45) is 0.801. The molecule has 0 amide bonds. The van der Waals surface area contributed by atoms with Crippen molar-refractivity contribution in [3.05, 3.63) is 81.4 Å². The molecule has 4 aromatic rings. The van der Waals surface area contributed by atoms with Gasteiger partial charge in [0, 0.05) is 17.4 Å². The Hall–Kier alpha value is -3.16. The molecule has 0 saturated carbocycles. The Labute approximate surface area is 195 Å². The zero-order valence-electron chi connectivity index (χ0n) is 18.1. The number of hydrogen-bond acceptors (Lipinski definition) is 7. The number of hydrazone groups is 1. The molecule has 0 aliphatic carbocycles. The van der Waals surface area contributed by atoms with E-state index in [0.29, 0.717) is 5.75 Å². The number of rotatable bonds is 6. The number of hydrogen-bond donors (Lipinski definition) is 0. The zero-order chi connectivity index (χ0) is 22.1. The van der Waals surface area contributed by atoms with Crippen LogP contribution in [0.2, 0.25) is 0 Å². The molecule has 5 rings (SSSR count). The lowest BCUT2D eigenvalue weighted by molar-refractivity contribution is 0.354. The van der Waals surface area contributed by atoms with Crippen molar-refractivity contribution in [1.82, 2.24) is 4.98 Å². The molecule has 2 aromatic carbocycles. The minimum atomic E-state index is 0.0314. The molecule has 1 atom stereocenters. The summed E-state index contributed by atoms with van der Waals surface area (Å²) in [6, 6.07) is 18.8. The van der Waals surface area contributed by atoms with Gasteiger partial charge < -0.3 is 9.47 Å². The zero-order valence-corrected chi connectivity index (χ0v) is 19.7. The van der Waals surface area contributed by atoms with Crippen LogP contribution in [0.3, 0.4) is 0 Å². The van der Waals surface area contributed by atoms with E-state index >= 15 is 0 Å². The summed E-state index contributed by atoms with van der Waals surface area (Å²) in [5.41, 5.74) is 5.51. The standard InChI is InChI=1S/C25H23N3O2S2/c1-16-6-8-17(9-7-16)20-15-32-25(26-20)28-21(14-19(27-28)24-5-4-12-31-24)18-10-11-22(29-2)23(13-18)30-3/h4-13,15,21H,14H2,1-3H3. The van der Waals surface area contributed by atoms with E-state index in [0.717, 1.165) is 39.8 Å². The number of methoxy groups -OCH3 is 2. The Morgan fingerprint density at radius 1 is 0.969 bits per heavy atom. The second-order valence-corrected chi connectivity index (χ2v) is 9.37. The number of thiazole rings is 1. The number of ether oxygens (including phenoxy) is 2. The molecule has 0 spiro atoms. The van der Waals surface area contributed by atoms with Crippen molar-refractivity contribution in [2.45, 2.75) is 19.4 Å². The monoisotopic (exact) mass is 461 g/mol. The summed E-state index contributed by atoms with van der Waals surface area (Å²) in [6.45, 7) is 2.09.